The number of hydrogen-bond acceptors (Lipinski definition) is 3. The van der Waals surface area contributed by atoms with Crippen molar-refractivity contribution in [1.82, 2.24) is 10.3 Å². The summed E-state index contributed by atoms with van der Waals surface area (Å²) in [5.41, 5.74) is 1.83. The minimum atomic E-state index is -0.442. The lowest BCUT2D eigenvalue weighted by atomic mass is 9.80. The molecule has 82 valence electrons. The Labute approximate surface area is 90.5 Å². The van der Waals surface area contributed by atoms with Gasteiger partial charge in [0.05, 0.1) is 11.3 Å². The maximum Gasteiger partial charge on any atom is 0.0771 e. The van der Waals surface area contributed by atoms with Crippen LogP contribution in [0.15, 0.2) is 18.3 Å². The van der Waals surface area contributed by atoms with Crippen LogP contribution in [0.5, 0.6) is 0 Å². The zero-order chi connectivity index (χ0) is 10.7. The number of rotatable bonds is 4. The van der Waals surface area contributed by atoms with Crippen molar-refractivity contribution in [3.05, 3.63) is 29.6 Å². The molecule has 1 fully saturated rings. The first-order valence-electron chi connectivity index (χ1n) is 5.53. The smallest absolute Gasteiger partial charge is 0.0771 e. The number of pyridine rings is 1. The van der Waals surface area contributed by atoms with Crippen LogP contribution in [0.25, 0.3) is 0 Å². The molecule has 2 N–H and O–H groups in total. The van der Waals surface area contributed by atoms with Crippen molar-refractivity contribution in [2.75, 3.05) is 6.54 Å². The van der Waals surface area contributed by atoms with Crippen molar-refractivity contribution in [2.45, 2.75) is 38.3 Å². The van der Waals surface area contributed by atoms with Crippen LogP contribution in [-0.4, -0.2) is 22.2 Å². The molecule has 1 heterocycles. The van der Waals surface area contributed by atoms with E-state index in [9.17, 15) is 5.11 Å². The highest BCUT2D eigenvalue weighted by molar-refractivity contribution is 5.17. The quantitative estimate of drug-likeness (QED) is 0.782. The van der Waals surface area contributed by atoms with Gasteiger partial charge >= 0.3 is 0 Å². The van der Waals surface area contributed by atoms with Crippen LogP contribution in [0.3, 0.4) is 0 Å². The fraction of sp³-hybridized carbons (Fsp3) is 0.583. The van der Waals surface area contributed by atoms with E-state index in [2.05, 4.69) is 23.3 Å². The Morgan fingerprint density at radius 3 is 2.93 bits per heavy atom. The van der Waals surface area contributed by atoms with Gasteiger partial charge in [-0.1, -0.05) is 6.07 Å². The molecule has 3 nitrogen and oxygen atoms in total. The monoisotopic (exact) mass is 206 g/mol. The van der Waals surface area contributed by atoms with Gasteiger partial charge in [-0.25, -0.2) is 0 Å². The SMILES string of the molecule is Cc1cccnc1CNCC1(O)CCC1. The molecule has 0 atom stereocenters. The number of aliphatic hydroxyl groups is 1. The third-order valence-electron chi connectivity index (χ3n) is 3.15. The topological polar surface area (TPSA) is 45.2 Å². The van der Waals surface area contributed by atoms with Crippen molar-refractivity contribution in [2.24, 2.45) is 0 Å². The lowest BCUT2D eigenvalue weighted by Crippen LogP contribution is -2.46. The minimum absolute atomic E-state index is 0.442. The fourth-order valence-corrected chi connectivity index (χ4v) is 1.88. The van der Waals surface area contributed by atoms with Gasteiger partial charge in [0.2, 0.25) is 0 Å². The van der Waals surface area contributed by atoms with E-state index in [-0.39, 0.29) is 0 Å². The van der Waals surface area contributed by atoms with Gasteiger partial charge in [0.15, 0.2) is 0 Å². The summed E-state index contributed by atoms with van der Waals surface area (Å²) in [5, 5.41) is 13.1. The Kier molecular flexibility index (Phi) is 3.03. The number of aryl methyl sites for hydroxylation is 1. The molecule has 3 heteroatoms. The van der Waals surface area contributed by atoms with E-state index in [0.717, 1.165) is 31.5 Å². The van der Waals surface area contributed by atoms with Crippen LogP contribution < -0.4 is 5.32 Å². The third-order valence-corrected chi connectivity index (χ3v) is 3.15. The highest BCUT2D eigenvalue weighted by Crippen LogP contribution is 2.30. The second-order valence-corrected chi connectivity index (χ2v) is 4.45. The molecule has 0 radical (unpaired) electrons. The maximum atomic E-state index is 9.87. The molecule has 15 heavy (non-hydrogen) atoms. The fourth-order valence-electron chi connectivity index (χ4n) is 1.88. The molecular formula is C12H18N2O. The second kappa shape index (κ2) is 4.29. The predicted octanol–water partition coefficient (Wildman–Crippen LogP) is 1.39. The molecule has 0 saturated heterocycles. The zero-order valence-electron chi connectivity index (χ0n) is 9.16. The van der Waals surface area contributed by atoms with E-state index >= 15 is 0 Å². The standard InChI is InChI=1S/C12H18N2O/c1-10-4-2-7-14-11(10)8-13-9-12(15)5-3-6-12/h2,4,7,13,15H,3,5-6,8-9H2,1H3. The molecule has 0 spiro atoms. The second-order valence-electron chi connectivity index (χ2n) is 4.45. The van der Waals surface area contributed by atoms with E-state index < -0.39 is 5.60 Å². The van der Waals surface area contributed by atoms with Crippen molar-refractivity contribution >= 4 is 0 Å². The Bertz CT molecular complexity index is 334. The van der Waals surface area contributed by atoms with Gasteiger partial charge in [-0.2, -0.15) is 0 Å². The molecule has 0 unspecified atom stereocenters. The minimum Gasteiger partial charge on any atom is -0.389 e. The lowest BCUT2D eigenvalue weighted by Gasteiger charge is -2.36. The number of aromatic nitrogens is 1. The number of nitrogens with one attached hydrogen (secondary N) is 1. The van der Waals surface area contributed by atoms with Crippen LogP contribution in [-0.2, 0) is 6.54 Å². The summed E-state index contributed by atoms with van der Waals surface area (Å²) in [7, 11) is 0. The summed E-state index contributed by atoms with van der Waals surface area (Å²) in [4.78, 5) is 4.30. The van der Waals surface area contributed by atoms with Crippen molar-refractivity contribution < 1.29 is 5.11 Å². The van der Waals surface area contributed by atoms with Crippen LogP contribution in [0.1, 0.15) is 30.5 Å². The predicted molar refractivity (Wildman–Crippen MR) is 59.5 cm³/mol. The van der Waals surface area contributed by atoms with Gasteiger partial charge in [0.25, 0.3) is 0 Å². The van der Waals surface area contributed by atoms with Gasteiger partial charge in [-0.15, -0.1) is 0 Å². The van der Waals surface area contributed by atoms with Crippen molar-refractivity contribution in [3.8, 4) is 0 Å². The molecule has 0 bridgehead atoms. The Morgan fingerprint density at radius 1 is 1.53 bits per heavy atom. The summed E-state index contributed by atoms with van der Waals surface area (Å²) < 4.78 is 0. The average molecular weight is 206 g/mol. The van der Waals surface area contributed by atoms with Gasteiger partial charge in [-0.3, -0.25) is 4.98 Å². The van der Waals surface area contributed by atoms with Crippen LogP contribution >= 0.6 is 0 Å². The lowest BCUT2D eigenvalue weighted by molar-refractivity contribution is -0.0315. The largest absolute Gasteiger partial charge is 0.389 e. The molecule has 2 rings (SSSR count). The Hall–Kier alpha value is -0.930. The molecular weight excluding hydrogens is 188 g/mol. The van der Waals surface area contributed by atoms with E-state index in [1.165, 1.54) is 5.56 Å². The molecule has 1 saturated carbocycles. The number of hydrogen-bond donors (Lipinski definition) is 2. The molecule has 1 aliphatic carbocycles. The van der Waals surface area contributed by atoms with Gasteiger partial charge < -0.3 is 10.4 Å². The first kappa shape index (κ1) is 10.6. The molecule has 1 aromatic rings. The van der Waals surface area contributed by atoms with Crippen LogP contribution in [0, 0.1) is 6.92 Å². The van der Waals surface area contributed by atoms with Crippen LogP contribution in [0.4, 0.5) is 0 Å². The first-order valence-corrected chi connectivity index (χ1v) is 5.53. The molecule has 0 aliphatic heterocycles. The third kappa shape index (κ3) is 2.55. The van der Waals surface area contributed by atoms with Crippen molar-refractivity contribution in [3.63, 3.8) is 0 Å². The summed E-state index contributed by atoms with van der Waals surface area (Å²) in [6, 6.07) is 4.00. The molecule has 1 aliphatic rings. The maximum absolute atomic E-state index is 9.87. The van der Waals surface area contributed by atoms with E-state index in [1.54, 1.807) is 0 Å². The molecule has 0 amide bonds. The van der Waals surface area contributed by atoms with E-state index in [4.69, 9.17) is 0 Å². The first-order chi connectivity index (χ1) is 7.20. The van der Waals surface area contributed by atoms with Gasteiger partial charge in [0, 0.05) is 19.3 Å². The zero-order valence-corrected chi connectivity index (χ0v) is 9.16. The van der Waals surface area contributed by atoms with Gasteiger partial charge in [0.1, 0.15) is 0 Å². The Balaban J connectivity index is 1.81. The van der Waals surface area contributed by atoms with Gasteiger partial charge in [-0.05, 0) is 37.8 Å². The summed E-state index contributed by atoms with van der Waals surface area (Å²) in [6.45, 7) is 3.49. The summed E-state index contributed by atoms with van der Waals surface area (Å²) in [6.07, 6.45) is 4.82. The normalized spacial score (nSPS) is 18.5. The average Bonchev–Trinajstić information content (AvgIpc) is 2.18. The van der Waals surface area contributed by atoms with E-state index in [1.807, 2.05) is 12.3 Å². The van der Waals surface area contributed by atoms with E-state index in [0.29, 0.717) is 6.54 Å². The molecule has 0 aromatic carbocycles. The highest BCUT2D eigenvalue weighted by Gasteiger charge is 2.33. The van der Waals surface area contributed by atoms with Crippen molar-refractivity contribution in [1.29, 1.82) is 0 Å². The summed E-state index contributed by atoms with van der Waals surface area (Å²) in [5.74, 6) is 0. The Morgan fingerprint density at radius 2 is 2.33 bits per heavy atom. The summed E-state index contributed by atoms with van der Waals surface area (Å²) >= 11 is 0. The van der Waals surface area contributed by atoms with Crippen LogP contribution in [0.2, 0.25) is 0 Å². The highest BCUT2D eigenvalue weighted by atomic mass is 16.3. The molecule has 1 aromatic heterocycles. The number of nitrogens with zero attached hydrogens (tertiary/aromatic N) is 1.